The first-order valence-corrected chi connectivity index (χ1v) is 14.9. The SMILES string of the molecule is OC1CCCC2CC3CC4CC5CC6CC7CCCCC7CC6CC5CC4CC3CC12. The van der Waals surface area contributed by atoms with Crippen molar-refractivity contribution in [3.05, 3.63) is 0 Å². The van der Waals surface area contributed by atoms with E-state index in [0.29, 0.717) is 5.92 Å². The molecule has 0 heterocycles. The fourth-order valence-corrected chi connectivity index (χ4v) is 11.6. The second-order valence-corrected chi connectivity index (χ2v) is 14.2. The Morgan fingerprint density at radius 2 is 0.677 bits per heavy atom. The van der Waals surface area contributed by atoms with E-state index < -0.39 is 0 Å². The molecule has 31 heavy (non-hydrogen) atoms. The molecule has 13 atom stereocenters. The molecule has 0 aromatic rings. The van der Waals surface area contributed by atoms with Gasteiger partial charge in [-0.25, -0.2) is 0 Å². The molecule has 7 saturated carbocycles. The van der Waals surface area contributed by atoms with Gasteiger partial charge in [-0.2, -0.15) is 0 Å². The molecule has 0 aromatic heterocycles. The van der Waals surface area contributed by atoms with Crippen molar-refractivity contribution in [1.82, 2.24) is 0 Å². The number of hydrogen-bond acceptors (Lipinski definition) is 1. The summed E-state index contributed by atoms with van der Waals surface area (Å²) in [5.41, 5.74) is 0. The Kier molecular flexibility index (Phi) is 5.27. The monoisotopic (exact) mass is 424 g/mol. The second kappa shape index (κ2) is 8.02. The topological polar surface area (TPSA) is 20.2 Å². The molecule has 0 radical (unpaired) electrons. The zero-order valence-electron chi connectivity index (χ0n) is 20.0. The van der Waals surface area contributed by atoms with Gasteiger partial charge in [0.2, 0.25) is 0 Å². The normalized spacial score (nSPS) is 58.5. The minimum atomic E-state index is 0.0401. The molecule has 0 aromatic carbocycles. The lowest BCUT2D eigenvalue weighted by atomic mass is 9.49. The minimum absolute atomic E-state index is 0.0401. The smallest absolute Gasteiger partial charge is 0.0571 e. The van der Waals surface area contributed by atoms with Crippen LogP contribution in [0.4, 0.5) is 0 Å². The standard InChI is InChI=1S/C30H48O/c31-30-7-3-6-20-10-23-13-26-14-24-11-21-8-18-4-1-2-5-19(18)9-22(21)12-25(24)15-27(26)16-28(23)17-29(20)30/h18-31H,1-17H2. The van der Waals surface area contributed by atoms with E-state index in [-0.39, 0.29) is 6.10 Å². The molecule has 1 N–H and O–H groups in total. The highest BCUT2D eigenvalue weighted by Gasteiger charge is 2.51. The number of rotatable bonds is 0. The maximum absolute atomic E-state index is 10.7. The van der Waals surface area contributed by atoms with Crippen LogP contribution in [0.1, 0.15) is 109 Å². The van der Waals surface area contributed by atoms with Crippen LogP contribution in [-0.2, 0) is 0 Å². The average Bonchev–Trinajstić information content (AvgIpc) is 2.78. The Labute approximate surface area is 191 Å². The maximum atomic E-state index is 10.7. The Balaban J connectivity index is 1.03. The number of hydrogen-bond donors (Lipinski definition) is 1. The first-order valence-electron chi connectivity index (χ1n) is 14.9. The van der Waals surface area contributed by atoms with Crippen LogP contribution < -0.4 is 0 Å². The van der Waals surface area contributed by atoms with Crippen LogP contribution in [0.2, 0.25) is 0 Å². The van der Waals surface area contributed by atoms with Crippen LogP contribution >= 0.6 is 0 Å². The van der Waals surface area contributed by atoms with Crippen LogP contribution in [0, 0.1) is 71.0 Å². The van der Waals surface area contributed by atoms with E-state index in [0.717, 1.165) is 71.5 Å². The van der Waals surface area contributed by atoms with Gasteiger partial charge in [-0.15, -0.1) is 0 Å². The number of aliphatic hydroxyl groups is 1. The van der Waals surface area contributed by atoms with Gasteiger partial charge in [-0.1, -0.05) is 32.1 Å². The molecule has 0 spiro atoms. The number of fused-ring (bicyclic) bond motifs is 6. The third-order valence-electron chi connectivity index (χ3n) is 12.9. The molecule has 13 unspecified atom stereocenters. The molecule has 1 heteroatoms. The summed E-state index contributed by atoms with van der Waals surface area (Å²) >= 11 is 0. The van der Waals surface area contributed by atoms with E-state index in [9.17, 15) is 5.11 Å². The van der Waals surface area contributed by atoms with E-state index in [2.05, 4.69) is 0 Å². The lowest BCUT2D eigenvalue weighted by Gasteiger charge is -2.57. The average molecular weight is 425 g/mol. The highest BCUT2D eigenvalue weighted by atomic mass is 16.3. The van der Waals surface area contributed by atoms with Crippen molar-refractivity contribution in [2.75, 3.05) is 0 Å². The van der Waals surface area contributed by atoms with E-state index in [1.54, 1.807) is 64.2 Å². The molecule has 7 aliphatic rings. The maximum Gasteiger partial charge on any atom is 0.0571 e. The summed E-state index contributed by atoms with van der Waals surface area (Å²) in [5, 5.41) is 10.7. The Bertz CT molecular complexity index is 657. The van der Waals surface area contributed by atoms with Crippen molar-refractivity contribution in [2.24, 2.45) is 71.0 Å². The van der Waals surface area contributed by atoms with Gasteiger partial charge in [0.25, 0.3) is 0 Å². The predicted octanol–water partition coefficient (Wildman–Crippen LogP) is 7.47. The number of aliphatic hydroxyl groups excluding tert-OH is 1. The van der Waals surface area contributed by atoms with Crippen LogP contribution in [0.25, 0.3) is 0 Å². The van der Waals surface area contributed by atoms with Crippen molar-refractivity contribution in [3.63, 3.8) is 0 Å². The van der Waals surface area contributed by atoms with Gasteiger partial charge in [0.15, 0.2) is 0 Å². The summed E-state index contributed by atoms with van der Waals surface area (Å²) in [7, 11) is 0. The van der Waals surface area contributed by atoms with Crippen molar-refractivity contribution in [1.29, 1.82) is 0 Å². The summed E-state index contributed by atoms with van der Waals surface area (Å²) in [6.45, 7) is 0. The summed E-state index contributed by atoms with van der Waals surface area (Å²) in [4.78, 5) is 0. The summed E-state index contributed by atoms with van der Waals surface area (Å²) in [6.07, 6.45) is 25.8. The molecule has 7 rings (SSSR count). The Morgan fingerprint density at radius 1 is 0.323 bits per heavy atom. The molecular formula is C30H48O. The van der Waals surface area contributed by atoms with Gasteiger partial charge >= 0.3 is 0 Å². The van der Waals surface area contributed by atoms with Crippen molar-refractivity contribution in [2.45, 2.75) is 115 Å². The molecule has 0 amide bonds. The molecular weight excluding hydrogens is 376 g/mol. The van der Waals surface area contributed by atoms with Gasteiger partial charge in [0.1, 0.15) is 0 Å². The lowest BCUT2D eigenvalue weighted by molar-refractivity contribution is -0.0800. The van der Waals surface area contributed by atoms with Gasteiger partial charge in [0, 0.05) is 0 Å². The van der Waals surface area contributed by atoms with Crippen LogP contribution in [-0.4, -0.2) is 11.2 Å². The predicted molar refractivity (Wildman–Crippen MR) is 126 cm³/mol. The van der Waals surface area contributed by atoms with Gasteiger partial charge in [-0.05, 0) is 148 Å². The highest BCUT2D eigenvalue weighted by Crippen LogP contribution is 2.60. The zero-order chi connectivity index (χ0) is 20.5. The summed E-state index contributed by atoms with van der Waals surface area (Å²) in [5.74, 6) is 12.4. The molecule has 0 aliphatic heterocycles. The van der Waals surface area contributed by atoms with Crippen LogP contribution in [0.3, 0.4) is 0 Å². The summed E-state index contributed by atoms with van der Waals surface area (Å²) < 4.78 is 0. The first-order chi connectivity index (χ1) is 15.2. The largest absolute Gasteiger partial charge is 0.393 e. The third-order valence-corrected chi connectivity index (χ3v) is 12.9. The lowest BCUT2D eigenvalue weighted by Crippen LogP contribution is -2.48. The van der Waals surface area contributed by atoms with Crippen molar-refractivity contribution >= 4 is 0 Å². The van der Waals surface area contributed by atoms with Crippen LogP contribution in [0.15, 0.2) is 0 Å². The van der Waals surface area contributed by atoms with Crippen molar-refractivity contribution in [3.8, 4) is 0 Å². The molecule has 0 bridgehead atoms. The fraction of sp³-hybridized carbons (Fsp3) is 1.00. The molecule has 7 fully saturated rings. The minimum Gasteiger partial charge on any atom is -0.393 e. The second-order valence-electron chi connectivity index (χ2n) is 14.2. The van der Waals surface area contributed by atoms with E-state index in [4.69, 9.17) is 0 Å². The molecule has 1 nitrogen and oxygen atoms in total. The molecule has 174 valence electrons. The Morgan fingerprint density at radius 3 is 1.16 bits per heavy atom. The first kappa shape index (κ1) is 20.3. The van der Waals surface area contributed by atoms with E-state index >= 15 is 0 Å². The summed E-state index contributed by atoms with van der Waals surface area (Å²) in [6, 6.07) is 0. The molecule has 0 saturated heterocycles. The van der Waals surface area contributed by atoms with Gasteiger partial charge in [0.05, 0.1) is 6.10 Å². The van der Waals surface area contributed by atoms with Gasteiger partial charge < -0.3 is 5.11 Å². The fourth-order valence-electron chi connectivity index (χ4n) is 11.6. The van der Waals surface area contributed by atoms with Gasteiger partial charge in [-0.3, -0.25) is 0 Å². The van der Waals surface area contributed by atoms with Crippen LogP contribution in [0.5, 0.6) is 0 Å². The Hall–Kier alpha value is -0.0400. The van der Waals surface area contributed by atoms with E-state index in [1.807, 2.05) is 0 Å². The van der Waals surface area contributed by atoms with E-state index in [1.165, 1.54) is 38.5 Å². The zero-order valence-corrected chi connectivity index (χ0v) is 20.0. The quantitative estimate of drug-likeness (QED) is 0.427. The van der Waals surface area contributed by atoms with Crippen molar-refractivity contribution < 1.29 is 5.11 Å². The third kappa shape index (κ3) is 3.57. The molecule has 7 aliphatic carbocycles. The highest BCUT2D eigenvalue weighted by molar-refractivity contribution is 5.01.